The topological polar surface area (TPSA) is 71.1 Å². The van der Waals surface area contributed by atoms with Gasteiger partial charge in [0.1, 0.15) is 6.61 Å². The Kier molecular flexibility index (Phi) is 5.17. The van der Waals surface area contributed by atoms with Crippen molar-refractivity contribution in [1.29, 1.82) is 0 Å². The lowest BCUT2D eigenvalue weighted by atomic mass is 10.2. The molecule has 0 saturated heterocycles. The van der Waals surface area contributed by atoms with Gasteiger partial charge in [-0.05, 0) is 17.7 Å². The second kappa shape index (κ2) is 6.63. The molecule has 0 N–H and O–H groups in total. The molecule has 1 rings (SSSR count). The Morgan fingerprint density at radius 3 is 1.89 bits per heavy atom. The fraction of sp³-hybridized carbons (Fsp3) is 0.385. The van der Waals surface area contributed by atoms with Crippen molar-refractivity contribution in [2.24, 2.45) is 0 Å². The van der Waals surface area contributed by atoms with Gasteiger partial charge in [0.25, 0.3) is 0 Å². The largest absolute Gasteiger partial charge is 0.493 e. The van der Waals surface area contributed by atoms with E-state index < -0.39 is 5.97 Å². The summed E-state index contributed by atoms with van der Waals surface area (Å²) < 4.78 is 20.2. The van der Waals surface area contributed by atoms with Crippen molar-refractivity contribution in [3.05, 3.63) is 17.7 Å². The summed E-state index contributed by atoms with van der Waals surface area (Å²) in [5.74, 6) is -0.0104. The van der Waals surface area contributed by atoms with E-state index in [1.165, 1.54) is 28.1 Å². The summed E-state index contributed by atoms with van der Waals surface area (Å²) in [6.45, 7) is 2.69. The van der Waals surface area contributed by atoms with Gasteiger partial charge in [0, 0.05) is 13.8 Å². The summed E-state index contributed by atoms with van der Waals surface area (Å²) >= 11 is 0. The SMILES string of the molecule is COc1cc(COC(C)=O)cc(OC)c1OC(C)=O. The molecule has 6 nitrogen and oxygen atoms in total. The van der Waals surface area contributed by atoms with E-state index in [-0.39, 0.29) is 18.3 Å². The van der Waals surface area contributed by atoms with Crippen molar-refractivity contribution in [1.82, 2.24) is 0 Å². The maximum Gasteiger partial charge on any atom is 0.308 e. The molecule has 0 bridgehead atoms. The van der Waals surface area contributed by atoms with Gasteiger partial charge >= 0.3 is 11.9 Å². The van der Waals surface area contributed by atoms with Crippen LogP contribution in [-0.2, 0) is 20.9 Å². The van der Waals surface area contributed by atoms with Crippen LogP contribution >= 0.6 is 0 Å². The molecule has 1 aromatic carbocycles. The van der Waals surface area contributed by atoms with Gasteiger partial charge in [-0.1, -0.05) is 0 Å². The minimum atomic E-state index is -0.482. The first-order valence-electron chi connectivity index (χ1n) is 5.54. The number of ether oxygens (including phenoxy) is 4. The number of hydrogen-bond donors (Lipinski definition) is 0. The number of hydrogen-bond acceptors (Lipinski definition) is 6. The van der Waals surface area contributed by atoms with Crippen molar-refractivity contribution in [2.45, 2.75) is 20.5 Å². The predicted molar refractivity (Wildman–Crippen MR) is 66.3 cm³/mol. The van der Waals surface area contributed by atoms with E-state index in [9.17, 15) is 9.59 Å². The molecule has 0 saturated carbocycles. The van der Waals surface area contributed by atoms with Gasteiger partial charge in [0.05, 0.1) is 14.2 Å². The third-order valence-corrected chi connectivity index (χ3v) is 2.21. The summed E-state index contributed by atoms with van der Waals surface area (Å²) in [5, 5.41) is 0. The molecule has 0 spiro atoms. The Balaban J connectivity index is 3.11. The molecule has 0 atom stereocenters. The molecule has 6 heteroatoms. The van der Waals surface area contributed by atoms with Gasteiger partial charge in [-0.2, -0.15) is 0 Å². The lowest BCUT2D eigenvalue weighted by molar-refractivity contribution is -0.142. The normalized spacial score (nSPS) is 9.68. The van der Waals surface area contributed by atoms with Crippen molar-refractivity contribution < 1.29 is 28.5 Å². The Morgan fingerprint density at radius 2 is 1.53 bits per heavy atom. The van der Waals surface area contributed by atoms with Crippen molar-refractivity contribution >= 4 is 11.9 Å². The van der Waals surface area contributed by atoms with Crippen LogP contribution in [0.3, 0.4) is 0 Å². The molecule has 0 unspecified atom stereocenters. The van der Waals surface area contributed by atoms with Crippen LogP contribution in [-0.4, -0.2) is 26.2 Å². The Labute approximate surface area is 111 Å². The number of benzene rings is 1. The van der Waals surface area contributed by atoms with E-state index in [1.807, 2.05) is 0 Å². The molecule has 0 fully saturated rings. The van der Waals surface area contributed by atoms with E-state index in [0.29, 0.717) is 17.1 Å². The number of rotatable bonds is 5. The molecular weight excluding hydrogens is 252 g/mol. The molecule has 0 aliphatic rings. The highest BCUT2D eigenvalue weighted by molar-refractivity contribution is 5.72. The fourth-order valence-electron chi connectivity index (χ4n) is 1.45. The first-order chi connectivity index (χ1) is 8.97. The van der Waals surface area contributed by atoms with E-state index in [1.54, 1.807) is 12.1 Å². The van der Waals surface area contributed by atoms with Crippen LogP contribution in [0.4, 0.5) is 0 Å². The second-order valence-electron chi connectivity index (χ2n) is 3.70. The zero-order valence-electron chi connectivity index (χ0n) is 11.3. The quantitative estimate of drug-likeness (QED) is 0.598. The third kappa shape index (κ3) is 4.17. The maximum absolute atomic E-state index is 11.0. The average molecular weight is 268 g/mol. The number of carbonyl (C=O) groups is 2. The van der Waals surface area contributed by atoms with Crippen LogP contribution in [0.2, 0.25) is 0 Å². The molecule has 104 valence electrons. The summed E-state index contributed by atoms with van der Waals surface area (Å²) in [4.78, 5) is 21.8. The Bertz CT molecular complexity index is 455. The van der Waals surface area contributed by atoms with Crippen LogP contribution in [0.15, 0.2) is 12.1 Å². The third-order valence-electron chi connectivity index (χ3n) is 2.21. The highest BCUT2D eigenvalue weighted by atomic mass is 16.6. The van der Waals surface area contributed by atoms with Crippen LogP contribution in [0.25, 0.3) is 0 Å². The molecule has 0 aliphatic heterocycles. The standard InChI is InChI=1S/C13H16O6/c1-8(14)18-7-10-5-11(16-3)13(19-9(2)15)12(6-10)17-4/h5-6H,7H2,1-4H3. The summed E-state index contributed by atoms with van der Waals surface area (Å²) in [5.41, 5.74) is 0.666. The first kappa shape index (κ1) is 14.8. The second-order valence-corrected chi connectivity index (χ2v) is 3.70. The lowest BCUT2D eigenvalue weighted by Gasteiger charge is -2.14. The number of methoxy groups -OCH3 is 2. The van der Waals surface area contributed by atoms with Gasteiger partial charge in [0.15, 0.2) is 11.5 Å². The zero-order valence-corrected chi connectivity index (χ0v) is 11.3. The smallest absolute Gasteiger partial charge is 0.308 e. The van der Waals surface area contributed by atoms with Gasteiger partial charge in [0.2, 0.25) is 5.75 Å². The molecular formula is C13H16O6. The van der Waals surface area contributed by atoms with E-state index >= 15 is 0 Å². The molecule has 0 radical (unpaired) electrons. The van der Waals surface area contributed by atoms with Crippen LogP contribution in [0.1, 0.15) is 19.4 Å². The number of esters is 2. The van der Waals surface area contributed by atoms with E-state index in [4.69, 9.17) is 18.9 Å². The van der Waals surface area contributed by atoms with Gasteiger partial charge in [-0.3, -0.25) is 9.59 Å². The molecule has 0 aromatic heterocycles. The highest BCUT2D eigenvalue weighted by Gasteiger charge is 2.16. The summed E-state index contributed by atoms with van der Waals surface area (Å²) in [7, 11) is 2.88. The van der Waals surface area contributed by atoms with Crippen molar-refractivity contribution in [2.75, 3.05) is 14.2 Å². The minimum absolute atomic E-state index is 0.0857. The lowest BCUT2D eigenvalue weighted by Crippen LogP contribution is -2.06. The van der Waals surface area contributed by atoms with Gasteiger partial charge in [-0.15, -0.1) is 0 Å². The van der Waals surface area contributed by atoms with Gasteiger partial charge in [-0.25, -0.2) is 0 Å². The monoisotopic (exact) mass is 268 g/mol. The molecule has 1 aromatic rings. The molecule has 0 aliphatic carbocycles. The van der Waals surface area contributed by atoms with Crippen LogP contribution < -0.4 is 14.2 Å². The van der Waals surface area contributed by atoms with Crippen LogP contribution in [0, 0.1) is 0 Å². The maximum atomic E-state index is 11.0. The summed E-state index contributed by atoms with van der Waals surface area (Å²) in [6, 6.07) is 3.23. The minimum Gasteiger partial charge on any atom is -0.493 e. The molecule has 19 heavy (non-hydrogen) atoms. The van der Waals surface area contributed by atoms with Crippen molar-refractivity contribution in [3.63, 3.8) is 0 Å². The molecule has 0 amide bonds. The highest BCUT2D eigenvalue weighted by Crippen LogP contribution is 2.38. The number of carbonyl (C=O) groups excluding carboxylic acids is 2. The van der Waals surface area contributed by atoms with Crippen molar-refractivity contribution in [3.8, 4) is 17.2 Å². The molecule has 0 heterocycles. The summed E-state index contributed by atoms with van der Waals surface area (Å²) in [6.07, 6.45) is 0. The Morgan fingerprint density at radius 1 is 1.00 bits per heavy atom. The van der Waals surface area contributed by atoms with Gasteiger partial charge < -0.3 is 18.9 Å². The zero-order chi connectivity index (χ0) is 14.4. The first-order valence-corrected chi connectivity index (χ1v) is 5.54. The van der Waals surface area contributed by atoms with Crippen LogP contribution in [0.5, 0.6) is 17.2 Å². The van der Waals surface area contributed by atoms with E-state index in [0.717, 1.165) is 0 Å². The van der Waals surface area contributed by atoms with E-state index in [2.05, 4.69) is 0 Å². The Hall–Kier alpha value is -2.24. The average Bonchev–Trinajstić information content (AvgIpc) is 2.36. The fourth-order valence-corrected chi connectivity index (χ4v) is 1.45. The predicted octanol–water partition coefficient (Wildman–Crippen LogP) is 1.69.